The molecule has 0 aromatic heterocycles. The van der Waals surface area contributed by atoms with Crippen LogP contribution in [0, 0.1) is 17.8 Å². The van der Waals surface area contributed by atoms with Crippen LogP contribution in [0.5, 0.6) is 5.75 Å². The zero-order chi connectivity index (χ0) is 15.6. The third-order valence-corrected chi connectivity index (χ3v) is 5.91. The minimum absolute atomic E-state index is 0.884. The van der Waals surface area contributed by atoms with Gasteiger partial charge >= 0.3 is 0 Å². The van der Waals surface area contributed by atoms with E-state index in [1.54, 1.807) is 7.11 Å². The van der Waals surface area contributed by atoms with Gasteiger partial charge in [0.05, 0.1) is 7.11 Å². The highest BCUT2D eigenvalue weighted by Crippen LogP contribution is 2.43. The Morgan fingerprint density at radius 3 is 2.57 bits per heavy atom. The van der Waals surface area contributed by atoms with Crippen LogP contribution in [-0.4, -0.2) is 49.6 Å². The van der Waals surface area contributed by atoms with Crippen molar-refractivity contribution in [3.63, 3.8) is 0 Å². The molecule has 0 amide bonds. The predicted octanol–water partition coefficient (Wildman–Crippen LogP) is 3.03. The van der Waals surface area contributed by atoms with Crippen LogP contribution in [0.1, 0.15) is 18.4 Å². The second-order valence-electron chi connectivity index (χ2n) is 7.47. The van der Waals surface area contributed by atoms with Gasteiger partial charge in [0.25, 0.3) is 0 Å². The maximum atomic E-state index is 5.33. The van der Waals surface area contributed by atoms with Gasteiger partial charge in [-0.05, 0) is 48.3 Å². The highest BCUT2D eigenvalue weighted by Gasteiger charge is 2.36. The monoisotopic (exact) mass is 312 g/mol. The Bertz CT molecular complexity index is 563. The second kappa shape index (κ2) is 6.66. The molecule has 0 spiro atoms. The molecule has 0 unspecified atom stereocenters. The van der Waals surface area contributed by atoms with E-state index in [4.69, 9.17) is 4.74 Å². The average Bonchev–Trinajstić information content (AvgIpc) is 3.20. The van der Waals surface area contributed by atoms with Crippen LogP contribution < -0.4 is 4.74 Å². The summed E-state index contributed by atoms with van der Waals surface area (Å²) >= 11 is 0. The van der Waals surface area contributed by atoms with E-state index in [0.29, 0.717) is 0 Å². The fraction of sp³-hybridized carbons (Fsp3) is 0.600. The van der Waals surface area contributed by atoms with E-state index in [0.717, 1.165) is 30.0 Å². The zero-order valence-electron chi connectivity index (χ0n) is 14.2. The van der Waals surface area contributed by atoms with Crippen molar-refractivity contribution in [1.82, 2.24) is 9.80 Å². The van der Waals surface area contributed by atoms with Gasteiger partial charge in [0.2, 0.25) is 0 Å². The lowest BCUT2D eigenvalue weighted by molar-refractivity contribution is 0.108. The van der Waals surface area contributed by atoms with E-state index in [1.807, 2.05) is 6.07 Å². The number of allylic oxidation sites excluding steroid dienone is 2. The van der Waals surface area contributed by atoms with Gasteiger partial charge in [0.1, 0.15) is 5.75 Å². The first kappa shape index (κ1) is 15.2. The van der Waals surface area contributed by atoms with Gasteiger partial charge in [0, 0.05) is 39.3 Å². The fourth-order valence-corrected chi connectivity index (χ4v) is 4.60. The van der Waals surface area contributed by atoms with Crippen LogP contribution in [0.15, 0.2) is 36.4 Å². The van der Waals surface area contributed by atoms with E-state index >= 15 is 0 Å². The van der Waals surface area contributed by atoms with E-state index < -0.39 is 0 Å². The Kier molecular flexibility index (Phi) is 4.41. The molecule has 23 heavy (non-hydrogen) atoms. The molecule has 3 aliphatic rings. The Hall–Kier alpha value is -1.32. The second-order valence-corrected chi connectivity index (χ2v) is 7.47. The average molecular weight is 312 g/mol. The summed E-state index contributed by atoms with van der Waals surface area (Å²) in [6.07, 6.45) is 7.80. The van der Waals surface area contributed by atoms with Gasteiger partial charge in [-0.2, -0.15) is 0 Å². The molecule has 3 heteroatoms. The summed E-state index contributed by atoms with van der Waals surface area (Å²) in [5.74, 6) is 3.68. The normalized spacial score (nSPS) is 30.9. The third kappa shape index (κ3) is 3.46. The van der Waals surface area contributed by atoms with Crippen molar-refractivity contribution in [2.45, 2.75) is 19.4 Å². The topological polar surface area (TPSA) is 15.7 Å². The molecular formula is C20H28N2O. The zero-order valence-corrected chi connectivity index (χ0v) is 14.2. The van der Waals surface area contributed by atoms with Gasteiger partial charge in [0.15, 0.2) is 0 Å². The van der Waals surface area contributed by atoms with Crippen LogP contribution in [0.4, 0.5) is 0 Å². The number of fused-ring (bicyclic) bond motifs is 2. The number of nitrogens with zero attached hydrogens (tertiary/aromatic N) is 2. The quantitative estimate of drug-likeness (QED) is 0.777. The molecule has 1 saturated carbocycles. The van der Waals surface area contributed by atoms with Crippen molar-refractivity contribution >= 4 is 0 Å². The van der Waals surface area contributed by atoms with Gasteiger partial charge in [-0.1, -0.05) is 24.3 Å². The number of rotatable bonds is 5. The smallest absolute Gasteiger partial charge is 0.119 e. The van der Waals surface area contributed by atoms with Crippen LogP contribution >= 0.6 is 0 Å². The standard InChI is InChI=1S/C20H28N2O/c1-23-20-4-2-3-17(13-20)14-21-7-9-22(10-8-21)15-19-12-16-5-6-18(19)11-16/h2-6,13,16,18-19H,7-12,14-15H2,1H3/t16-,18+,19-/m0/s1. The number of piperazine rings is 1. The van der Waals surface area contributed by atoms with Crippen LogP contribution in [-0.2, 0) is 6.54 Å². The summed E-state index contributed by atoms with van der Waals surface area (Å²) in [5, 5.41) is 0. The largest absolute Gasteiger partial charge is 0.497 e. The summed E-state index contributed by atoms with van der Waals surface area (Å²) in [6.45, 7) is 7.19. The predicted molar refractivity (Wildman–Crippen MR) is 93.6 cm³/mol. The minimum Gasteiger partial charge on any atom is -0.497 e. The molecule has 2 aliphatic carbocycles. The Morgan fingerprint density at radius 2 is 1.87 bits per heavy atom. The number of methoxy groups -OCH3 is 1. The molecule has 1 aromatic rings. The van der Waals surface area contributed by atoms with E-state index in [2.05, 4.69) is 40.2 Å². The van der Waals surface area contributed by atoms with Crippen molar-refractivity contribution in [3.05, 3.63) is 42.0 Å². The van der Waals surface area contributed by atoms with E-state index in [-0.39, 0.29) is 0 Å². The highest BCUT2D eigenvalue weighted by molar-refractivity contribution is 5.28. The lowest BCUT2D eigenvalue weighted by Crippen LogP contribution is -2.47. The summed E-state index contributed by atoms with van der Waals surface area (Å²) in [7, 11) is 1.74. The lowest BCUT2D eigenvalue weighted by Gasteiger charge is -2.37. The first-order chi connectivity index (χ1) is 11.3. The number of hydrogen-bond acceptors (Lipinski definition) is 3. The van der Waals surface area contributed by atoms with Crippen LogP contribution in [0.25, 0.3) is 0 Å². The summed E-state index contributed by atoms with van der Waals surface area (Å²) in [5.41, 5.74) is 1.36. The van der Waals surface area contributed by atoms with Crippen LogP contribution in [0.2, 0.25) is 0 Å². The molecule has 0 N–H and O–H groups in total. The lowest BCUT2D eigenvalue weighted by atomic mass is 9.93. The molecule has 1 aromatic carbocycles. The molecule has 4 rings (SSSR count). The molecule has 2 fully saturated rings. The van der Waals surface area contributed by atoms with Crippen molar-refractivity contribution in [1.29, 1.82) is 0 Å². The molecule has 1 aliphatic heterocycles. The van der Waals surface area contributed by atoms with Crippen LogP contribution in [0.3, 0.4) is 0 Å². The number of ether oxygens (including phenoxy) is 1. The molecule has 2 bridgehead atoms. The first-order valence-corrected chi connectivity index (χ1v) is 9.06. The molecular weight excluding hydrogens is 284 g/mol. The molecule has 1 heterocycles. The number of benzene rings is 1. The third-order valence-electron chi connectivity index (χ3n) is 5.91. The van der Waals surface area contributed by atoms with Gasteiger partial charge in [-0.15, -0.1) is 0 Å². The fourth-order valence-electron chi connectivity index (χ4n) is 4.60. The Labute approximate surface area is 139 Å². The van der Waals surface area contributed by atoms with E-state index in [1.165, 1.54) is 51.1 Å². The Balaban J connectivity index is 1.25. The number of hydrogen-bond donors (Lipinski definition) is 0. The highest BCUT2D eigenvalue weighted by atomic mass is 16.5. The summed E-state index contributed by atoms with van der Waals surface area (Å²) in [4.78, 5) is 5.27. The molecule has 0 radical (unpaired) electrons. The maximum Gasteiger partial charge on any atom is 0.119 e. The molecule has 124 valence electrons. The molecule has 1 saturated heterocycles. The van der Waals surface area contributed by atoms with Crippen molar-refractivity contribution < 1.29 is 4.74 Å². The summed E-state index contributed by atoms with van der Waals surface area (Å²) in [6, 6.07) is 8.47. The minimum atomic E-state index is 0.884. The Morgan fingerprint density at radius 1 is 1.04 bits per heavy atom. The molecule has 3 atom stereocenters. The SMILES string of the molecule is COc1cccc(CN2CCN(C[C@@H]3C[C@H]4C=C[C@@H]3C4)CC2)c1. The maximum absolute atomic E-state index is 5.33. The first-order valence-electron chi connectivity index (χ1n) is 9.06. The summed E-state index contributed by atoms with van der Waals surface area (Å²) < 4.78 is 5.33. The van der Waals surface area contributed by atoms with Gasteiger partial charge < -0.3 is 9.64 Å². The molecule has 3 nitrogen and oxygen atoms in total. The van der Waals surface area contributed by atoms with Crippen molar-refractivity contribution in [2.75, 3.05) is 39.8 Å². The van der Waals surface area contributed by atoms with Gasteiger partial charge in [-0.25, -0.2) is 0 Å². The van der Waals surface area contributed by atoms with Crippen molar-refractivity contribution in [3.8, 4) is 5.75 Å². The van der Waals surface area contributed by atoms with Gasteiger partial charge in [-0.3, -0.25) is 4.90 Å². The van der Waals surface area contributed by atoms with E-state index in [9.17, 15) is 0 Å². The van der Waals surface area contributed by atoms with Crippen molar-refractivity contribution in [2.24, 2.45) is 17.8 Å².